The summed E-state index contributed by atoms with van der Waals surface area (Å²) in [6.07, 6.45) is 1.12. The Labute approximate surface area is 128 Å². The van der Waals surface area contributed by atoms with E-state index in [1.807, 2.05) is 6.92 Å². The molecule has 0 amide bonds. The third-order valence-electron chi connectivity index (χ3n) is 3.56. The lowest BCUT2D eigenvalue weighted by atomic mass is 10.1. The van der Waals surface area contributed by atoms with Crippen molar-refractivity contribution in [2.24, 2.45) is 0 Å². The van der Waals surface area contributed by atoms with Crippen molar-refractivity contribution in [3.63, 3.8) is 0 Å². The number of morpholine rings is 1. The average molecular weight is 323 g/mol. The summed E-state index contributed by atoms with van der Waals surface area (Å²) in [5.74, 6) is 0.893. The number of benzene rings is 1. The van der Waals surface area contributed by atoms with E-state index in [2.05, 4.69) is 15.5 Å². The zero-order chi connectivity index (χ0) is 15.7. The predicted octanol–water partition coefficient (Wildman–Crippen LogP) is 1.19. The molecular formula is C14H17N3O4S. The first-order chi connectivity index (χ1) is 10.4. The molecule has 0 saturated carbocycles. The van der Waals surface area contributed by atoms with Gasteiger partial charge in [0.05, 0.1) is 17.6 Å². The molecular weight excluding hydrogens is 306 g/mol. The van der Waals surface area contributed by atoms with Crippen LogP contribution in [0.4, 0.5) is 0 Å². The Morgan fingerprint density at radius 3 is 2.64 bits per heavy atom. The van der Waals surface area contributed by atoms with E-state index in [1.54, 1.807) is 12.1 Å². The quantitative estimate of drug-likeness (QED) is 0.906. The second-order valence-corrected chi connectivity index (χ2v) is 7.28. The monoisotopic (exact) mass is 323 g/mol. The zero-order valence-corrected chi connectivity index (χ0v) is 13.1. The van der Waals surface area contributed by atoms with Gasteiger partial charge in [-0.05, 0) is 31.2 Å². The summed E-state index contributed by atoms with van der Waals surface area (Å²) in [4.78, 5) is 4.64. The zero-order valence-electron chi connectivity index (χ0n) is 12.3. The molecule has 7 nitrogen and oxygen atoms in total. The Bertz CT molecular complexity index is 755. The highest BCUT2D eigenvalue weighted by Crippen LogP contribution is 2.24. The van der Waals surface area contributed by atoms with Gasteiger partial charge in [0.2, 0.25) is 11.7 Å². The SMILES string of the molecule is C[C@H]1OCCN[C@@H]1c1nc(-c2ccc(S(C)(=O)=O)cc2)no1. The first-order valence-electron chi connectivity index (χ1n) is 6.94. The van der Waals surface area contributed by atoms with Crippen molar-refractivity contribution < 1.29 is 17.7 Å². The minimum absolute atomic E-state index is 0.0466. The van der Waals surface area contributed by atoms with Gasteiger partial charge in [-0.25, -0.2) is 8.42 Å². The molecule has 2 atom stereocenters. The van der Waals surface area contributed by atoms with E-state index in [0.29, 0.717) is 23.9 Å². The minimum Gasteiger partial charge on any atom is -0.375 e. The molecule has 1 saturated heterocycles. The van der Waals surface area contributed by atoms with Crippen LogP contribution in [-0.2, 0) is 14.6 Å². The molecule has 1 fully saturated rings. The third-order valence-corrected chi connectivity index (χ3v) is 4.69. The van der Waals surface area contributed by atoms with Gasteiger partial charge in [0.1, 0.15) is 6.04 Å². The van der Waals surface area contributed by atoms with Gasteiger partial charge in [0.15, 0.2) is 9.84 Å². The van der Waals surface area contributed by atoms with Crippen LogP contribution in [0.5, 0.6) is 0 Å². The first-order valence-corrected chi connectivity index (χ1v) is 8.83. The standard InChI is InChI=1S/C14H17N3O4S/c1-9-12(15-7-8-20-9)14-16-13(17-21-14)10-3-5-11(6-4-10)22(2,18)19/h3-6,9,12,15H,7-8H2,1-2H3/t9-,12+/m1/s1. The van der Waals surface area contributed by atoms with Crippen LogP contribution < -0.4 is 5.32 Å². The second-order valence-electron chi connectivity index (χ2n) is 5.26. The third kappa shape index (κ3) is 3.03. The van der Waals surface area contributed by atoms with Crippen molar-refractivity contribution in [3.05, 3.63) is 30.2 Å². The number of hydrogen-bond donors (Lipinski definition) is 1. The number of rotatable bonds is 3. The molecule has 1 aromatic heterocycles. The lowest BCUT2D eigenvalue weighted by Crippen LogP contribution is -2.40. The predicted molar refractivity (Wildman–Crippen MR) is 79.0 cm³/mol. The summed E-state index contributed by atoms with van der Waals surface area (Å²) >= 11 is 0. The fraction of sp³-hybridized carbons (Fsp3) is 0.429. The van der Waals surface area contributed by atoms with Crippen molar-refractivity contribution in [1.29, 1.82) is 0 Å². The molecule has 1 aliphatic rings. The van der Waals surface area contributed by atoms with Gasteiger partial charge in [-0.1, -0.05) is 5.16 Å². The topological polar surface area (TPSA) is 94.3 Å². The average Bonchev–Trinajstić information content (AvgIpc) is 2.96. The van der Waals surface area contributed by atoms with Crippen molar-refractivity contribution in [2.45, 2.75) is 24.0 Å². The van der Waals surface area contributed by atoms with Crippen molar-refractivity contribution in [2.75, 3.05) is 19.4 Å². The molecule has 2 aromatic rings. The molecule has 0 spiro atoms. The van der Waals surface area contributed by atoms with E-state index < -0.39 is 9.84 Å². The Kier molecular flexibility index (Phi) is 3.98. The summed E-state index contributed by atoms with van der Waals surface area (Å²) in [5.41, 5.74) is 0.701. The van der Waals surface area contributed by atoms with Crippen LogP contribution in [0.1, 0.15) is 18.9 Å². The molecule has 0 bridgehead atoms. The smallest absolute Gasteiger partial charge is 0.246 e. The molecule has 0 aliphatic carbocycles. The lowest BCUT2D eigenvalue weighted by Gasteiger charge is -2.27. The van der Waals surface area contributed by atoms with Gasteiger partial charge in [0, 0.05) is 18.4 Å². The highest BCUT2D eigenvalue weighted by molar-refractivity contribution is 7.90. The van der Waals surface area contributed by atoms with E-state index in [9.17, 15) is 8.42 Å². The van der Waals surface area contributed by atoms with E-state index in [4.69, 9.17) is 9.26 Å². The highest BCUT2D eigenvalue weighted by atomic mass is 32.2. The van der Waals surface area contributed by atoms with Gasteiger partial charge >= 0.3 is 0 Å². The Balaban J connectivity index is 1.84. The molecule has 1 aromatic carbocycles. The number of nitrogens with zero attached hydrogens (tertiary/aromatic N) is 2. The number of hydrogen-bond acceptors (Lipinski definition) is 7. The van der Waals surface area contributed by atoms with Gasteiger partial charge < -0.3 is 14.6 Å². The fourth-order valence-electron chi connectivity index (χ4n) is 2.34. The molecule has 118 valence electrons. The Morgan fingerprint density at radius 1 is 1.27 bits per heavy atom. The highest BCUT2D eigenvalue weighted by Gasteiger charge is 2.28. The van der Waals surface area contributed by atoms with Crippen LogP contribution >= 0.6 is 0 Å². The Hall–Kier alpha value is -1.77. The van der Waals surface area contributed by atoms with Gasteiger partial charge in [-0.15, -0.1) is 0 Å². The Morgan fingerprint density at radius 2 is 2.00 bits per heavy atom. The number of nitrogens with one attached hydrogen (secondary N) is 1. The minimum atomic E-state index is -3.21. The van der Waals surface area contributed by atoms with E-state index >= 15 is 0 Å². The van der Waals surface area contributed by atoms with Gasteiger partial charge in [-0.3, -0.25) is 0 Å². The van der Waals surface area contributed by atoms with Crippen LogP contribution in [0.3, 0.4) is 0 Å². The molecule has 3 rings (SSSR count). The number of ether oxygens (including phenoxy) is 1. The van der Waals surface area contributed by atoms with Crippen LogP contribution in [0.2, 0.25) is 0 Å². The summed E-state index contributed by atoms with van der Waals surface area (Å²) in [5, 5.41) is 7.24. The van der Waals surface area contributed by atoms with Crippen LogP contribution in [0.25, 0.3) is 11.4 Å². The second kappa shape index (κ2) is 5.79. The number of aromatic nitrogens is 2. The molecule has 2 heterocycles. The maximum absolute atomic E-state index is 11.5. The molecule has 8 heteroatoms. The summed E-state index contributed by atoms with van der Waals surface area (Å²) < 4.78 is 33.8. The lowest BCUT2D eigenvalue weighted by molar-refractivity contribution is -0.00136. The largest absolute Gasteiger partial charge is 0.375 e. The van der Waals surface area contributed by atoms with Crippen LogP contribution in [0, 0.1) is 0 Å². The molecule has 0 radical (unpaired) electrons. The van der Waals surface area contributed by atoms with Gasteiger partial charge in [-0.2, -0.15) is 4.98 Å². The van der Waals surface area contributed by atoms with Crippen molar-refractivity contribution >= 4 is 9.84 Å². The van der Waals surface area contributed by atoms with E-state index in [1.165, 1.54) is 18.4 Å². The summed E-state index contributed by atoms with van der Waals surface area (Å²) in [6.45, 7) is 3.34. The first kappa shape index (κ1) is 15.1. The molecule has 1 aliphatic heterocycles. The normalized spacial score (nSPS) is 22.6. The molecule has 0 unspecified atom stereocenters. The number of sulfone groups is 1. The van der Waals surface area contributed by atoms with Gasteiger partial charge in [0.25, 0.3) is 0 Å². The van der Waals surface area contributed by atoms with Crippen molar-refractivity contribution in [1.82, 2.24) is 15.5 Å². The maximum Gasteiger partial charge on any atom is 0.246 e. The fourth-order valence-corrected chi connectivity index (χ4v) is 2.97. The van der Waals surface area contributed by atoms with Crippen LogP contribution in [-0.4, -0.2) is 44.1 Å². The van der Waals surface area contributed by atoms with Crippen LogP contribution in [0.15, 0.2) is 33.7 Å². The maximum atomic E-state index is 11.5. The summed E-state index contributed by atoms with van der Waals surface area (Å²) in [6, 6.07) is 6.26. The summed E-state index contributed by atoms with van der Waals surface area (Å²) in [7, 11) is -3.21. The van der Waals surface area contributed by atoms with Crippen molar-refractivity contribution in [3.8, 4) is 11.4 Å². The van der Waals surface area contributed by atoms with E-state index in [0.717, 1.165) is 6.54 Å². The molecule has 22 heavy (non-hydrogen) atoms. The molecule has 1 N–H and O–H groups in total. The van der Waals surface area contributed by atoms with E-state index in [-0.39, 0.29) is 17.0 Å².